The van der Waals surface area contributed by atoms with Gasteiger partial charge < -0.3 is 14.8 Å². The van der Waals surface area contributed by atoms with Crippen molar-refractivity contribution >= 4 is 38.8 Å². The highest BCUT2D eigenvalue weighted by molar-refractivity contribution is 9.10. The van der Waals surface area contributed by atoms with E-state index in [0.717, 1.165) is 9.86 Å². The van der Waals surface area contributed by atoms with Crippen molar-refractivity contribution in [3.05, 3.63) is 34.5 Å². The molecule has 0 aliphatic heterocycles. The molecule has 2 N–H and O–H groups in total. The topological polar surface area (TPSA) is 79.5 Å². The average Bonchev–Trinajstić information content (AvgIpc) is 2.80. The summed E-state index contributed by atoms with van der Waals surface area (Å²) in [7, 11) is 0. The highest BCUT2D eigenvalue weighted by Gasteiger charge is 2.21. The van der Waals surface area contributed by atoms with Crippen molar-refractivity contribution in [2.24, 2.45) is 0 Å². The molecule has 0 saturated heterocycles. The molecule has 1 aromatic heterocycles. The van der Waals surface area contributed by atoms with Gasteiger partial charge in [0.1, 0.15) is 11.6 Å². The number of hydrogen-bond donors (Lipinski definition) is 2. The van der Waals surface area contributed by atoms with E-state index < -0.39 is 17.9 Å². The molecular formula is C13H12BrNO4. The lowest BCUT2D eigenvalue weighted by molar-refractivity contribution is -0.139. The molecule has 0 spiro atoms. The summed E-state index contributed by atoms with van der Waals surface area (Å²) in [6, 6.07) is 6.12. The van der Waals surface area contributed by atoms with Crippen LogP contribution in [-0.2, 0) is 4.79 Å². The van der Waals surface area contributed by atoms with E-state index in [1.165, 1.54) is 0 Å². The molecule has 0 aliphatic carbocycles. The van der Waals surface area contributed by atoms with Gasteiger partial charge in [-0.1, -0.05) is 19.1 Å². The molecule has 0 fully saturated rings. The van der Waals surface area contributed by atoms with Crippen molar-refractivity contribution in [1.82, 2.24) is 5.32 Å². The molecule has 0 radical (unpaired) electrons. The van der Waals surface area contributed by atoms with Gasteiger partial charge in [-0.05, 0) is 34.5 Å². The van der Waals surface area contributed by atoms with Crippen LogP contribution in [0.4, 0.5) is 0 Å². The molecule has 19 heavy (non-hydrogen) atoms. The number of para-hydroxylation sites is 1. The van der Waals surface area contributed by atoms with Crippen LogP contribution in [0.2, 0.25) is 0 Å². The SMILES string of the molecule is CC[C@H](NC(=O)c1cc2cccc(Br)c2o1)C(=O)O. The Labute approximate surface area is 117 Å². The summed E-state index contributed by atoms with van der Waals surface area (Å²) < 4.78 is 6.18. The minimum atomic E-state index is -1.06. The number of carboxylic acids is 1. The van der Waals surface area contributed by atoms with E-state index in [0.29, 0.717) is 12.0 Å². The van der Waals surface area contributed by atoms with Crippen LogP contribution in [0.25, 0.3) is 11.0 Å². The normalized spacial score (nSPS) is 12.3. The van der Waals surface area contributed by atoms with Crippen LogP contribution < -0.4 is 5.32 Å². The lowest BCUT2D eigenvalue weighted by atomic mass is 10.2. The van der Waals surface area contributed by atoms with Crippen LogP contribution in [0.15, 0.2) is 33.2 Å². The molecule has 0 aliphatic rings. The maximum Gasteiger partial charge on any atom is 0.326 e. The Bertz CT molecular complexity index is 635. The Morgan fingerprint density at radius 2 is 2.21 bits per heavy atom. The van der Waals surface area contributed by atoms with E-state index in [1.54, 1.807) is 19.1 Å². The van der Waals surface area contributed by atoms with E-state index in [4.69, 9.17) is 9.52 Å². The van der Waals surface area contributed by atoms with Crippen LogP contribution in [0.5, 0.6) is 0 Å². The highest BCUT2D eigenvalue weighted by Crippen LogP contribution is 2.26. The summed E-state index contributed by atoms with van der Waals surface area (Å²) in [5, 5.41) is 12.1. The van der Waals surface area contributed by atoms with E-state index in [2.05, 4.69) is 21.2 Å². The zero-order valence-corrected chi connectivity index (χ0v) is 11.7. The molecule has 0 unspecified atom stereocenters. The molecule has 1 heterocycles. The third kappa shape index (κ3) is 2.78. The lowest BCUT2D eigenvalue weighted by Crippen LogP contribution is -2.40. The average molecular weight is 326 g/mol. The smallest absolute Gasteiger partial charge is 0.326 e. The second kappa shape index (κ2) is 5.44. The minimum Gasteiger partial charge on any atom is -0.480 e. The van der Waals surface area contributed by atoms with Crippen molar-refractivity contribution < 1.29 is 19.1 Å². The summed E-state index contributed by atoms with van der Waals surface area (Å²) in [6.45, 7) is 1.69. The Morgan fingerprint density at radius 3 is 2.79 bits per heavy atom. The Hall–Kier alpha value is -1.82. The summed E-state index contributed by atoms with van der Waals surface area (Å²) in [5.41, 5.74) is 0.566. The number of carboxylic acid groups (broad SMARTS) is 1. The molecule has 100 valence electrons. The quantitative estimate of drug-likeness (QED) is 0.905. The summed E-state index contributed by atoms with van der Waals surface area (Å²) in [6.07, 6.45) is 0.311. The Morgan fingerprint density at radius 1 is 1.47 bits per heavy atom. The van der Waals surface area contributed by atoms with Gasteiger partial charge in [0, 0.05) is 5.39 Å². The zero-order chi connectivity index (χ0) is 14.0. The van der Waals surface area contributed by atoms with Gasteiger partial charge in [-0.25, -0.2) is 4.79 Å². The summed E-state index contributed by atoms with van der Waals surface area (Å²) in [4.78, 5) is 22.8. The fourth-order valence-electron chi connectivity index (χ4n) is 1.71. The first kappa shape index (κ1) is 13.6. The van der Waals surface area contributed by atoms with Crippen LogP contribution in [0.1, 0.15) is 23.9 Å². The number of benzene rings is 1. The number of halogens is 1. The van der Waals surface area contributed by atoms with Gasteiger partial charge >= 0.3 is 5.97 Å². The fraction of sp³-hybridized carbons (Fsp3) is 0.231. The largest absolute Gasteiger partial charge is 0.480 e. The van der Waals surface area contributed by atoms with Crippen molar-refractivity contribution in [3.8, 4) is 0 Å². The Balaban J connectivity index is 2.27. The molecule has 2 aromatic rings. The first-order valence-electron chi connectivity index (χ1n) is 5.74. The van der Waals surface area contributed by atoms with E-state index in [-0.39, 0.29) is 5.76 Å². The second-order valence-corrected chi connectivity index (χ2v) is 4.90. The van der Waals surface area contributed by atoms with Gasteiger partial charge in [0.25, 0.3) is 5.91 Å². The van der Waals surface area contributed by atoms with Gasteiger partial charge in [-0.15, -0.1) is 0 Å². The van der Waals surface area contributed by atoms with Crippen LogP contribution in [0.3, 0.4) is 0 Å². The number of furan rings is 1. The number of nitrogens with one attached hydrogen (secondary N) is 1. The molecule has 2 rings (SSSR count). The van der Waals surface area contributed by atoms with Gasteiger partial charge in [0.2, 0.25) is 0 Å². The number of amides is 1. The third-order valence-corrected chi connectivity index (χ3v) is 3.36. The predicted molar refractivity (Wildman–Crippen MR) is 73.1 cm³/mol. The lowest BCUT2D eigenvalue weighted by Gasteiger charge is -2.10. The standard InChI is InChI=1S/C13H12BrNO4/c1-2-9(13(17)18)15-12(16)10-6-7-4-3-5-8(14)11(7)19-10/h3-6,9H,2H2,1H3,(H,15,16)(H,17,18)/t9-/m0/s1. The molecule has 1 amide bonds. The van der Waals surface area contributed by atoms with Crippen LogP contribution in [0, 0.1) is 0 Å². The van der Waals surface area contributed by atoms with Gasteiger partial charge in [-0.2, -0.15) is 0 Å². The number of hydrogen-bond acceptors (Lipinski definition) is 3. The molecule has 1 atom stereocenters. The van der Waals surface area contributed by atoms with Gasteiger partial charge in [0.05, 0.1) is 4.47 Å². The van der Waals surface area contributed by atoms with Crippen molar-refractivity contribution in [2.45, 2.75) is 19.4 Å². The monoisotopic (exact) mass is 325 g/mol. The summed E-state index contributed by atoms with van der Waals surface area (Å²) in [5.74, 6) is -1.49. The number of aliphatic carboxylic acids is 1. The number of rotatable bonds is 4. The minimum absolute atomic E-state index is 0.0987. The summed E-state index contributed by atoms with van der Waals surface area (Å²) >= 11 is 3.33. The van der Waals surface area contributed by atoms with Gasteiger partial charge in [-0.3, -0.25) is 4.79 Å². The van der Waals surface area contributed by atoms with Crippen molar-refractivity contribution in [3.63, 3.8) is 0 Å². The number of fused-ring (bicyclic) bond motifs is 1. The first-order chi connectivity index (χ1) is 9.02. The second-order valence-electron chi connectivity index (χ2n) is 4.04. The molecule has 0 saturated carbocycles. The fourth-order valence-corrected chi connectivity index (χ4v) is 2.17. The number of carbonyl (C=O) groups is 2. The van der Waals surface area contributed by atoms with Gasteiger partial charge in [0.15, 0.2) is 5.76 Å². The van der Waals surface area contributed by atoms with Crippen molar-refractivity contribution in [1.29, 1.82) is 0 Å². The third-order valence-electron chi connectivity index (χ3n) is 2.73. The number of carbonyl (C=O) groups excluding carboxylic acids is 1. The Kier molecular flexibility index (Phi) is 3.90. The predicted octanol–water partition coefficient (Wildman–Crippen LogP) is 2.79. The zero-order valence-electron chi connectivity index (χ0n) is 10.1. The molecule has 1 aromatic carbocycles. The van der Waals surface area contributed by atoms with Crippen molar-refractivity contribution in [2.75, 3.05) is 0 Å². The maximum absolute atomic E-state index is 11.9. The first-order valence-corrected chi connectivity index (χ1v) is 6.54. The van der Waals surface area contributed by atoms with E-state index in [1.807, 2.05) is 12.1 Å². The van der Waals surface area contributed by atoms with E-state index >= 15 is 0 Å². The van der Waals surface area contributed by atoms with Crippen LogP contribution in [-0.4, -0.2) is 23.0 Å². The molecular weight excluding hydrogens is 314 g/mol. The molecule has 0 bridgehead atoms. The molecule has 6 heteroatoms. The highest BCUT2D eigenvalue weighted by atomic mass is 79.9. The maximum atomic E-state index is 11.9. The molecule has 5 nitrogen and oxygen atoms in total. The van der Waals surface area contributed by atoms with E-state index in [9.17, 15) is 9.59 Å². The van der Waals surface area contributed by atoms with Crippen LogP contribution >= 0.6 is 15.9 Å².